The summed E-state index contributed by atoms with van der Waals surface area (Å²) in [6.45, 7) is -1.25. The van der Waals surface area contributed by atoms with Gasteiger partial charge < -0.3 is 9.84 Å². The summed E-state index contributed by atoms with van der Waals surface area (Å²) < 4.78 is 60.2. The maximum atomic E-state index is 13.9. The van der Waals surface area contributed by atoms with Crippen LogP contribution in [0.4, 0.5) is 17.6 Å². The van der Waals surface area contributed by atoms with Gasteiger partial charge in [-0.15, -0.1) is 0 Å². The molecule has 3 rings (SSSR count). The molecule has 0 spiro atoms. The Hall–Kier alpha value is -1.52. The Balaban J connectivity index is 2.13. The van der Waals surface area contributed by atoms with E-state index in [1.165, 1.54) is 0 Å². The fourth-order valence-corrected chi connectivity index (χ4v) is 2.28. The van der Waals surface area contributed by atoms with Crippen LogP contribution in [0.15, 0.2) is 12.7 Å². The van der Waals surface area contributed by atoms with Gasteiger partial charge in [0, 0.05) is 0 Å². The molecular formula is C10H7ClF4N4O2. The lowest BCUT2D eigenvalue weighted by Gasteiger charge is -2.23. The topological polar surface area (TPSA) is 73.1 Å². The summed E-state index contributed by atoms with van der Waals surface area (Å²) in [6.07, 6.45) is -2.84. The SMILES string of the molecule is OCC1OC(n2cnc3c(Cl)ncnc32)C(F)(F)C1(F)F. The maximum absolute atomic E-state index is 13.9. The highest BCUT2D eigenvalue weighted by molar-refractivity contribution is 6.33. The molecule has 1 N–H and O–H groups in total. The van der Waals surface area contributed by atoms with Gasteiger partial charge in [-0.05, 0) is 0 Å². The molecule has 1 fully saturated rings. The summed E-state index contributed by atoms with van der Waals surface area (Å²) in [7, 11) is 0. The van der Waals surface area contributed by atoms with Crippen LogP contribution >= 0.6 is 11.6 Å². The first kappa shape index (κ1) is 14.4. The van der Waals surface area contributed by atoms with Crippen LogP contribution in [0.3, 0.4) is 0 Å². The number of imidazole rings is 1. The highest BCUT2D eigenvalue weighted by Gasteiger charge is 2.73. The Morgan fingerprint density at radius 2 is 1.95 bits per heavy atom. The minimum atomic E-state index is -4.55. The number of aliphatic hydroxyl groups excluding tert-OH is 1. The van der Waals surface area contributed by atoms with Gasteiger partial charge in [0.15, 0.2) is 16.9 Å². The van der Waals surface area contributed by atoms with Gasteiger partial charge in [0.2, 0.25) is 6.23 Å². The molecule has 2 atom stereocenters. The molecular weight excluding hydrogens is 320 g/mol. The van der Waals surface area contributed by atoms with Gasteiger partial charge >= 0.3 is 11.8 Å². The smallest absolute Gasteiger partial charge is 0.356 e. The van der Waals surface area contributed by atoms with Crippen molar-refractivity contribution in [1.82, 2.24) is 19.5 Å². The number of hydrogen-bond acceptors (Lipinski definition) is 5. The van der Waals surface area contributed by atoms with Gasteiger partial charge in [-0.2, -0.15) is 17.6 Å². The van der Waals surface area contributed by atoms with Gasteiger partial charge in [-0.25, -0.2) is 15.0 Å². The molecule has 1 aliphatic rings. The Morgan fingerprint density at radius 1 is 1.24 bits per heavy atom. The van der Waals surface area contributed by atoms with Crippen molar-refractivity contribution in [3.05, 3.63) is 17.8 Å². The first-order valence-electron chi connectivity index (χ1n) is 5.65. The maximum Gasteiger partial charge on any atom is 0.356 e. The molecule has 0 radical (unpaired) electrons. The number of ether oxygens (including phenoxy) is 1. The number of hydrogen-bond donors (Lipinski definition) is 1. The normalized spacial score (nSPS) is 27.3. The van der Waals surface area contributed by atoms with E-state index < -0.39 is 30.8 Å². The van der Waals surface area contributed by atoms with Crippen molar-refractivity contribution in [2.24, 2.45) is 0 Å². The van der Waals surface area contributed by atoms with Crippen molar-refractivity contribution in [2.75, 3.05) is 6.61 Å². The van der Waals surface area contributed by atoms with E-state index in [0.29, 0.717) is 4.57 Å². The van der Waals surface area contributed by atoms with Crippen LogP contribution in [0.5, 0.6) is 0 Å². The van der Waals surface area contributed by atoms with Crippen molar-refractivity contribution in [2.45, 2.75) is 24.2 Å². The second-order valence-corrected chi connectivity index (χ2v) is 4.75. The molecule has 0 bridgehead atoms. The van der Waals surface area contributed by atoms with Crippen LogP contribution in [-0.2, 0) is 4.74 Å². The number of aliphatic hydroxyl groups is 1. The minimum Gasteiger partial charge on any atom is -0.393 e. The van der Waals surface area contributed by atoms with Gasteiger partial charge in [0.05, 0.1) is 12.9 Å². The van der Waals surface area contributed by atoms with E-state index in [2.05, 4.69) is 19.7 Å². The predicted molar refractivity (Wildman–Crippen MR) is 61.2 cm³/mol. The van der Waals surface area contributed by atoms with Crippen molar-refractivity contribution >= 4 is 22.8 Å². The van der Waals surface area contributed by atoms with Crippen molar-refractivity contribution in [3.8, 4) is 0 Å². The zero-order valence-electron chi connectivity index (χ0n) is 10.1. The molecule has 0 aliphatic carbocycles. The molecule has 0 amide bonds. The van der Waals surface area contributed by atoms with Gasteiger partial charge in [-0.1, -0.05) is 11.6 Å². The summed E-state index contributed by atoms with van der Waals surface area (Å²) >= 11 is 5.72. The zero-order chi connectivity index (χ0) is 15.4. The number of nitrogens with zero attached hydrogens (tertiary/aromatic N) is 4. The number of rotatable bonds is 2. The molecule has 3 heterocycles. The summed E-state index contributed by atoms with van der Waals surface area (Å²) in [5.74, 6) is -9.08. The predicted octanol–water partition coefficient (Wildman–Crippen LogP) is 1.64. The van der Waals surface area contributed by atoms with Crippen molar-refractivity contribution < 1.29 is 27.4 Å². The summed E-state index contributed by atoms with van der Waals surface area (Å²) in [4.78, 5) is 11.0. The largest absolute Gasteiger partial charge is 0.393 e. The first-order valence-corrected chi connectivity index (χ1v) is 6.03. The van der Waals surface area contributed by atoms with Gasteiger partial charge in [0.1, 0.15) is 11.8 Å². The second-order valence-electron chi connectivity index (χ2n) is 4.39. The Kier molecular flexibility index (Phi) is 3.08. The Bertz CT molecular complexity index is 695. The number of alkyl halides is 4. The second kappa shape index (κ2) is 4.49. The molecule has 21 heavy (non-hydrogen) atoms. The van der Waals surface area contributed by atoms with Crippen LogP contribution in [0, 0.1) is 0 Å². The van der Waals surface area contributed by atoms with E-state index in [4.69, 9.17) is 16.7 Å². The molecule has 114 valence electrons. The van der Waals surface area contributed by atoms with Crippen LogP contribution in [0.1, 0.15) is 6.23 Å². The number of aromatic nitrogens is 4. The Labute approximate surface area is 119 Å². The fourth-order valence-electron chi connectivity index (χ4n) is 2.10. The lowest BCUT2D eigenvalue weighted by Crippen LogP contribution is -2.46. The molecule has 0 saturated carbocycles. The van der Waals surface area contributed by atoms with Gasteiger partial charge in [0.25, 0.3) is 0 Å². The van der Waals surface area contributed by atoms with E-state index in [9.17, 15) is 17.6 Å². The van der Waals surface area contributed by atoms with Crippen molar-refractivity contribution in [3.63, 3.8) is 0 Å². The Morgan fingerprint density at radius 3 is 2.57 bits per heavy atom. The van der Waals surface area contributed by atoms with Crippen LogP contribution in [0.25, 0.3) is 11.2 Å². The molecule has 11 heteroatoms. The summed E-state index contributed by atoms with van der Waals surface area (Å²) in [5, 5.41) is 8.69. The third-order valence-electron chi connectivity index (χ3n) is 3.18. The molecule has 6 nitrogen and oxygen atoms in total. The van der Waals surface area contributed by atoms with Crippen LogP contribution in [-0.4, -0.2) is 49.2 Å². The molecule has 1 aliphatic heterocycles. The van der Waals surface area contributed by atoms with E-state index in [-0.39, 0.29) is 16.3 Å². The van der Waals surface area contributed by atoms with Crippen molar-refractivity contribution in [1.29, 1.82) is 0 Å². The standard InChI is InChI=1S/C10H7ClF4N4O2/c11-6-5-7(17-2-16-6)19(3-18-5)8-10(14,15)9(12,13)4(1-20)21-8/h2-4,8,20H,1H2. The monoisotopic (exact) mass is 326 g/mol. The lowest BCUT2D eigenvalue weighted by atomic mass is 10.1. The average Bonchev–Trinajstić information content (AvgIpc) is 2.90. The van der Waals surface area contributed by atoms with E-state index in [0.717, 1.165) is 12.7 Å². The minimum absolute atomic E-state index is 0.0191. The third kappa shape index (κ3) is 1.82. The van der Waals surface area contributed by atoms with E-state index in [1.807, 2.05) is 0 Å². The number of halogens is 5. The number of fused-ring (bicyclic) bond motifs is 1. The fraction of sp³-hybridized carbons (Fsp3) is 0.500. The summed E-state index contributed by atoms with van der Waals surface area (Å²) in [5.41, 5.74) is -0.191. The van der Waals surface area contributed by atoms with Crippen LogP contribution in [0.2, 0.25) is 5.15 Å². The molecule has 0 aromatic carbocycles. The third-order valence-corrected chi connectivity index (χ3v) is 3.46. The quantitative estimate of drug-likeness (QED) is 0.671. The average molecular weight is 327 g/mol. The molecule has 2 unspecified atom stereocenters. The molecule has 2 aromatic rings. The van der Waals surface area contributed by atoms with Crippen LogP contribution < -0.4 is 0 Å². The zero-order valence-corrected chi connectivity index (χ0v) is 10.8. The first-order chi connectivity index (χ1) is 9.80. The summed E-state index contributed by atoms with van der Waals surface area (Å²) in [6, 6.07) is 0. The van der Waals surface area contributed by atoms with E-state index in [1.54, 1.807) is 0 Å². The highest BCUT2D eigenvalue weighted by atomic mass is 35.5. The van der Waals surface area contributed by atoms with Gasteiger partial charge in [-0.3, -0.25) is 4.57 Å². The molecule has 1 saturated heterocycles. The van der Waals surface area contributed by atoms with E-state index >= 15 is 0 Å². The highest BCUT2D eigenvalue weighted by Crippen LogP contribution is 2.53. The lowest BCUT2D eigenvalue weighted by molar-refractivity contribution is -0.209. The molecule has 2 aromatic heterocycles.